The van der Waals surface area contributed by atoms with E-state index < -0.39 is 5.91 Å². The lowest BCUT2D eigenvalue weighted by Crippen LogP contribution is -2.34. The average molecular weight is 383 g/mol. The number of rotatable bonds is 8. The number of aromatic amines is 1. The molecule has 9 heteroatoms. The van der Waals surface area contributed by atoms with Gasteiger partial charge in [-0.1, -0.05) is 32.0 Å². The molecule has 2 heterocycles. The lowest BCUT2D eigenvalue weighted by molar-refractivity contribution is -0.123. The predicted molar refractivity (Wildman–Crippen MR) is 101 cm³/mol. The number of nitrogens with one attached hydrogen (secondary N) is 2. The van der Waals surface area contributed by atoms with Gasteiger partial charge in [-0.05, 0) is 24.8 Å². The van der Waals surface area contributed by atoms with Crippen molar-refractivity contribution in [2.24, 2.45) is 11.7 Å². The molecular weight excluding hydrogens is 360 g/mol. The summed E-state index contributed by atoms with van der Waals surface area (Å²) in [5.41, 5.74) is 5.87. The van der Waals surface area contributed by atoms with Gasteiger partial charge in [0.25, 0.3) is 5.56 Å². The summed E-state index contributed by atoms with van der Waals surface area (Å²) in [7, 11) is 0. The van der Waals surface area contributed by atoms with Crippen LogP contribution in [-0.4, -0.2) is 34.1 Å². The van der Waals surface area contributed by atoms with Crippen molar-refractivity contribution in [2.75, 3.05) is 12.3 Å². The minimum absolute atomic E-state index is 0.0474. The average Bonchev–Trinajstić information content (AvgIpc) is 2.86. The number of hydrogen-bond acceptors (Lipinski definition) is 6. The van der Waals surface area contributed by atoms with Crippen LogP contribution in [0.4, 0.5) is 0 Å². The first-order valence-corrected chi connectivity index (χ1v) is 9.82. The molecule has 0 saturated carbocycles. The number of primary amides is 1. The van der Waals surface area contributed by atoms with Crippen molar-refractivity contribution in [1.82, 2.24) is 15.3 Å². The van der Waals surface area contributed by atoms with Crippen molar-refractivity contribution in [3.63, 3.8) is 0 Å². The molecule has 2 rings (SSSR count). The van der Waals surface area contributed by atoms with Crippen molar-refractivity contribution in [1.29, 1.82) is 0 Å². The van der Waals surface area contributed by atoms with Crippen LogP contribution in [0.1, 0.15) is 30.7 Å². The molecule has 0 saturated heterocycles. The molecule has 0 spiro atoms. The number of carbonyl (C=O) groups excluding carboxylic acids is 2. The SMILES string of the molecule is CC[C@@H](C)Cc1c(C)sc2nc(SCC(=O)NCC(N)=O)[nH]c(=O)c12. The maximum Gasteiger partial charge on any atom is 0.260 e. The summed E-state index contributed by atoms with van der Waals surface area (Å²) in [4.78, 5) is 43.8. The molecule has 0 fully saturated rings. The molecule has 4 N–H and O–H groups in total. The minimum atomic E-state index is -0.603. The van der Waals surface area contributed by atoms with Gasteiger partial charge in [-0.25, -0.2) is 4.98 Å². The van der Waals surface area contributed by atoms with Crippen LogP contribution in [0.5, 0.6) is 0 Å². The molecule has 7 nitrogen and oxygen atoms in total. The summed E-state index contributed by atoms with van der Waals surface area (Å²) in [6.45, 7) is 6.10. The van der Waals surface area contributed by atoms with E-state index >= 15 is 0 Å². The molecule has 0 aliphatic heterocycles. The Labute approximate surface area is 153 Å². The third-order valence-electron chi connectivity index (χ3n) is 3.89. The molecule has 2 amide bonds. The van der Waals surface area contributed by atoms with Gasteiger partial charge in [0.1, 0.15) is 4.83 Å². The number of aromatic nitrogens is 2. The Morgan fingerprint density at radius 2 is 2.16 bits per heavy atom. The molecule has 0 aliphatic rings. The fourth-order valence-corrected chi connectivity index (χ4v) is 4.13. The summed E-state index contributed by atoms with van der Waals surface area (Å²) >= 11 is 2.62. The first kappa shape index (κ1) is 19.5. The van der Waals surface area contributed by atoms with E-state index in [2.05, 4.69) is 29.1 Å². The smallest absolute Gasteiger partial charge is 0.260 e. The zero-order valence-electron chi connectivity index (χ0n) is 14.5. The Morgan fingerprint density at radius 1 is 1.44 bits per heavy atom. The van der Waals surface area contributed by atoms with Gasteiger partial charge in [0.05, 0.1) is 17.7 Å². The van der Waals surface area contributed by atoms with Gasteiger partial charge in [0.15, 0.2) is 5.16 Å². The van der Waals surface area contributed by atoms with Crippen LogP contribution in [0.25, 0.3) is 10.2 Å². The third-order valence-corrected chi connectivity index (χ3v) is 5.80. The molecule has 1 atom stereocenters. The zero-order valence-corrected chi connectivity index (χ0v) is 16.1. The summed E-state index contributed by atoms with van der Waals surface area (Å²) in [6, 6.07) is 0. The van der Waals surface area contributed by atoms with E-state index in [9.17, 15) is 14.4 Å². The number of thioether (sulfide) groups is 1. The topological polar surface area (TPSA) is 118 Å². The third kappa shape index (κ3) is 5.05. The van der Waals surface area contributed by atoms with Crippen LogP contribution >= 0.6 is 23.1 Å². The molecule has 0 radical (unpaired) electrons. The Morgan fingerprint density at radius 3 is 2.80 bits per heavy atom. The van der Waals surface area contributed by atoms with Crippen LogP contribution in [0.15, 0.2) is 9.95 Å². The van der Waals surface area contributed by atoms with E-state index in [0.717, 1.165) is 35.0 Å². The molecule has 136 valence electrons. The minimum Gasteiger partial charge on any atom is -0.368 e. The fraction of sp³-hybridized carbons (Fsp3) is 0.500. The highest BCUT2D eigenvalue weighted by Gasteiger charge is 2.17. The summed E-state index contributed by atoms with van der Waals surface area (Å²) in [6.07, 6.45) is 1.91. The Hall–Kier alpha value is -1.87. The molecule has 0 unspecified atom stereocenters. The molecular formula is C16H22N4O3S2. The quantitative estimate of drug-likeness (QED) is 0.473. The summed E-state index contributed by atoms with van der Waals surface area (Å²) in [5, 5.41) is 3.44. The first-order valence-electron chi connectivity index (χ1n) is 8.01. The molecule has 25 heavy (non-hydrogen) atoms. The number of nitrogens with zero attached hydrogens (tertiary/aromatic N) is 1. The van der Waals surface area contributed by atoms with Crippen LogP contribution in [0, 0.1) is 12.8 Å². The summed E-state index contributed by atoms with van der Waals surface area (Å²) in [5.74, 6) is -0.398. The van der Waals surface area contributed by atoms with Gasteiger partial charge in [0, 0.05) is 4.88 Å². The second kappa shape index (κ2) is 8.48. The normalized spacial score (nSPS) is 12.3. The van der Waals surface area contributed by atoms with E-state index in [-0.39, 0.29) is 23.8 Å². The predicted octanol–water partition coefficient (Wildman–Crippen LogP) is 1.58. The maximum atomic E-state index is 12.5. The second-order valence-electron chi connectivity index (χ2n) is 5.94. The molecule has 0 aliphatic carbocycles. The number of carbonyl (C=O) groups is 2. The van der Waals surface area contributed by atoms with Gasteiger partial charge < -0.3 is 16.0 Å². The van der Waals surface area contributed by atoms with Gasteiger partial charge in [-0.2, -0.15) is 0 Å². The number of fused-ring (bicyclic) bond motifs is 1. The second-order valence-corrected chi connectivity index (χ2v) is 8.10. The van der Waals surface area contributed by atoms with Crippen LogP contribution in [-0.2, 0) is 16.0 Å². The number of H-pyrrole nitrogens is 1. The molecule has 2 aromatic heterocycles. The number of aryl methyl sites for hydroxylation is 1. The standard InChI is InChI=1S/C16H22N4O3S2/c1-4-8(2)5-10-9(3)25-15-13(10)14(23)19-16(20-15)24-7-12(22)18-6-11(17)21/h8H,4-7H2,1-3H3,(H2,17,21)(H,18,22)(H,19,20,23)/t8-/m1/s1. The maximum absolute atomic E-state index is 12.5. The highest BCUT2D eigenvalue weighted by molar-refractivity contribution is 7.99. The van der Waals surface area contributed by atoms with E-state index in [0.29, 0.717) is 21.3 Å². The Kier molecular flexibility index (Phi) is 6.60. The fourth-order valence-electron chi connectivity index (χ4n) is 2.33. The molecule has 0 aromatic carbocycles. The largest absolute Gasteiger partial charge is 0.368 e. The number of amides is 2. The zero-order chi connectivity index (χ0) is 18.6. The highest BCUT2D eigenvalue weighted by Crippen LogP contribution is 2.30. The van der Waals surface area contributed by atoms with E-state index in [1.54, 1.807) is 0 Å². The molecule has 2 aromatic rings. The van der Waals surface area contributed by atoms with Gasteiger partial charge in [-0.15, -0.1) is 11.3 Å². The van der Waals surface area contributed by atoms with Gasteiger partial charge in [0.2, 0.25) is 11.8 Å². The van der Waals surface area contributed by atoms with Crippen LogP contribution < -0.4 is 16.6 Å². The Bertz CT molecular complexity index is 844. The number of nitrogens with two attached hydrogens (primary N) is 1. The monoisotopic (exact) mass is 382 g/mol. The van der Waals surface area contributed by atoms with Gasteiger partial charge in [-0.3, -0.25) is 14.4 Å². The van der Waals surface area contributed by atoms with Crippen molar-refractivity contribution >= 4 is 45.1 Å². The van der Waals surface area contributed by atoms with Crippen LogP contribution in [0.3, 0.4) is 0 Å². The lowest BCUT2D eigenvalue weighted by atomic mass is 9.98. The lowest BCUT2D eigenvalue weighted by Gasteiger charge is -2.08. The van der Waals surface area contributed by atoms with Gasteiger partial charge >= 0.3 is 0 Å². The first-order chi connectivity index (χ1) is 11.8. The van der Waals surface area contributed by atoms with E-state index in [4.69, 9.17) is 5.73 Å². The Balaban J connectivity index is 2.18. The van der Waals surface area contributed by atoms with Crippen molar-refractivity contribution in [2.45, 2.75) is 38.8 Å². The van der Waals surface area contributed by atoms with Crippen LogP contribution in [0.2, 0.25) is 0 Å². The van der Waals surface area contributed by atoms with Crippen molar-refractivity contribution < 1.29 is 9.59 Å². The summed E-state index contributed by atoms with van der Waals surface area (Å²) < 4.78 is 0. The highest BCUT2D eigenvalue weighted by atomic mass is 32.2. The number of thiophene rings is 1. The van der Waals surface area contributed by atoms with E-state index in [1.807, 2.05) is 6.92 Å². The van der Waals surface area contributed by atoms with E-state index in [1.165, 1.54) is 11.3 Å². The van der Waals surface area contributed by atoms with Crippen molar-refractivity contribution in [3.8, 4) is 0 Å². The number of hydrogen-bond donors (Lipinski definition) is 3. The molecule has 0 bridgehead atoms. The van der Waals surface area contributed by atoms with Crippen molar-refractivity contribution in [3.05, 3.63) is 20.8 Å².